The van der Waals surface area contributed by atoms with Crippen LogP contribution in [0.15, 0.2) is 0 Å². The fraction of sp³-hybridized carbons (Fsp3) is 0.917. The molecule has 0 aromatic heterocycles. The number of piperazine rings is 1. The van der Waals surface area contributed by atoms with Gasteiger partial charge in [-0.3, -0.25) is 9.69 Å². The van der Waals surface area contributed by atoms with Gasteiger partial charge in [-0.05, 0) is 26.8 Å². The summed E-state index contributed by atoms with van der Waals surface area (Å²) in [7, 11) is 0. The molecular weight excluding hydrogens is 275 g/mol. The molecule has 1 saturated heterocycles. The van der Waals surface area contributed by atoms with Gasteiger partial charge in [0.05, 0.1) is 5.41 Å². The van der Waals surface area contributed by atoms with Gasteiger partial charge in [-0.25, -0.2) is 0 Å². The summed E-state index contributed by atoms with van der Waals surface area (Å²) in [6, 6.07) is 0. The Labute approximate surface area is 123 Å². The second-order valence-corrected chi connectivity index (χ2v) is 5.31. The summed E-state index contributed by atoms with van der Waals surface area (Å²) in [6.07, 6.45) is 1.20. The van der Waals surface area contributed by atoms with Crippen molar-refractivity contribution in [1.29, 1.82) is 0 Å². The Balaban J connectivity index is 0. The minimum atomic E-state index is -0.705. The third-order valence-electron chi connectivity index (χ3n) is 3.20. The Morgan fingerprint density at radius 2 is 1.56 bits per heavy atom. The van der Waals surface area contributed by atoms with E-state index in [1.54, 1.807) is 13.8 Å². The van der Waals surface area contributed by atoms with Crippen molar-refractivity contribution in [2.75, 3.05) is 39.3 Å². The van der Waals surface area contributed by atoms with Crippen LogP contribution >= 0.6 is 24.8 Å². The molecule has 18 heavy (non-hydrogen) atoms. The quantitative estimate of drug-likeness (QED) is 0.843. The Kier molecular flexibility index (Phi) is 10.1. The smallest absolute Gasteiger partial charge is 0.310 e. The highest BCUT2D eigenvalue weighted by molar-refractivity contribution is 5.85. The third kappa shape index (κ3) is 6.23. The second-order valence-electron chi connectivity index (χ2n) is 5.31. The van der Waals surface area contributed by atoms with Crippen LogP contribution < -0.4 is 0 Å². The molecule has 0 aromatic rings. The average molecular weight is 301 g/mol. The largest absolute Gasteiger partial charge is 0.481 e. The standard InChI is InChI=1S/C12H24N2O2.2ClH/c1-4-5-13-6-8-14(9-7-13)10-12(2,3)11(15)16;;/h4-10H2,1-3H3,(H,15,16);2*1H. The Hall–Kier alpha value is -0.0300. The Morgan fingerprint density at radius 1 is 1.11 bits per heavy atom. The fourth-order valence-electron chi connectivity index (χ4n) is 2.11. The molecule has 1 aliphatic rings. The molecule has 1 aliphatic heterocycles. The van der Waals surface area contributed by atoms with Gasteiger partial charge in [0.25, 0.3) is 0 Å². The van der Waals surface area contributed by atoms with Crippen molar-refractivity contribution in [3.63, 3.8) is 0 Å². The molecule has 0 unspecified atom stereocenters. The molecule has 6 heteroatoms. The van der Waals surface area contributed by atoms with Crippen LogP contribution in [0, 0.1) is 5.41 Å². The molecule has 0 spiro atoms. The van der Waals surface area contributed by atoms with E-state index in [1.165, 1.54) is 6.42 Å². The average Bonchev–Trinajstić information content (AvgIpc) is 2.21. The highest BCUT2D eigenvalue weighted by Crippen LogP contribution is 2.18. The number of halogens is 2. The lowest BCUT2D eigenvalue weighted by atomic mass is 9.93. The van der Waals surface area contributed by atoms with Crippen molar-refractivity contribution in [3.8, 4) is 0 Å². The lowest BCUT2D eigenvalue weighted by molar-refractivity contribution is -0.148. The van der Waals surface area contributed by atoms with E-state index >= 15 is 0 Å². The predicted octanol–water partition coefficient (Wildman–Crippen LogP) is 1.97. The molecule has 0 atom stereocenters. The number of carboxylic acids is 1. The van der Waals surface area contributed by atoms with E-state index in [-0.39, 0.29) is 24.8 Å². The molecule has 1 rings (SSSR count). The van der Waals surface area contributed by atoms with Gasteiger partial charge in [-0.15, -0.1) is 24.8 Å². The molecule has 0 amide bonds. The van der Waals surface area contributed by atoms with Crippen LogP contribution in [-0.4, -0.2) is 60.1 Å². The molecule has 1 fully saturated rings. The lowest BCUT2D eigenvalue weighted by Gasteiger charge is -2.37. The van der Waals surface area contributed by atoms with Gasteiger partial charge in [-0.2, -0.15) is 0 Å². The summed E-state index contributed by atoms with van der Waals surface area (Å²) in [5.41, 5.74) is -0.632. The van der Waals surface area contributed by atoms with Crippen LogP contribution in [0.3, 0.4) is 0 Å². The first-order valence-corrected chi connectivity index (χ1v) is 6.14. The van der Waals surface area contributed by atoms with Gasteiger partial charge in [0.1, 0.15) is 0 Å². The monoisotopic (exact) mass is 300 g/mol. The molecule has 0 radical (unpaired) electrons. The van der Waals surface area contributed by atoms with Crippen molar-refractivity contribution >= 4 is 30.8 Å². The van der Waals surface area contributed by atoms with Crippen molar-refractivity contribution in [1.82, 2.24) is 9.80 Å². The van der Waals surface area contributed by atoms with Gasteiger partial charge in [0.2, 0.25) is 0 Å². The molecule has 1 heterocycles. The van der Waals surface area contributed by atoms with Crippen molar-refractivity contribution < 1.29 is 9.90 Å². The molecule has 0 aromatic carbocycles. The topological polar surface area (TPSA) is 43.8 Å². The summed E-state index contributed by atoms with van der Waals surface area (Å²) in [4.78, 5) is 15.7. The number of aliphatic carboxylic acids is 1. The number of nitrogens with zero attached hydrogens (tertiary/aromatic N) is 2. The van der Waals surface area contributed by atoms with Gasteiger partial charge < -0.3 is 10.0 Å². The molecule has 0 aliphatic carbocycles. The van der Waals surface area contributed by atoms with Gasteiger partial charge in [0, 0.05) is 32.7 Å². The van der Waals surface area contributed by atoms with Crippen molar-refractivity contribution in [3.05, 3.63) is 0 Å². The molecule has 110 valence electrons. The molecular formula is C12H26Cl2N2O2. The Bertz CT molecular complexity index is 242. The van der Waals surface area contributed by atoms with Crippen molar-refractivity contribution in [2.24, 2.45) is 5.41 Å². The molecule has 4 nitrogen and oxygen atoms in total. The van der Waals surface area contributed by atoms with E-state index in [9.17, 15) is 4.79 Å². The fourth-order valence-corrected chi connectivity index (χ4v) is 2.11. The zero-order chi connectivity index (χ0) is 12.2. The molecule has 0 saturated carbocycles. The van der Waals surface area contributed by atoms with Crippen LogP contribution in [0.1, 0.15) is 27.2 Å². The van der Waals surface area contributed by atoms with Gasteiger partial charge in [-0.1, -0.05) is 6.92 Å². The maximum atomic E-state index is 11.0. The van der Waals surface area contributed by atoms with Crippen LogP contribution in [0.4, 0.5) is 0 Å². The number of hydrogen-bond acceptors (Lipinski definition) is 3. The minimum absolute atomic E-state index is 0. The summed E-state index contributed by atoms with van der Waals surface area (Å²) in [5.74, 6) is -0.705. The van der Waals surface area contributed by atoms with Gasteiger partial charge >= 0.3 is 5.97 Å². The maximum Gasteiger partial charge on any atom is 0.310 e. The normalized spacial score (nSPS) is 17.7. The Morgan fingerprint density at radius 3 is 1.94 bits per heavy atom. The van der Waals surface area contributed by atoms with Crippen LogP contribution in [0.25, 0.3) is 0 Å². The van der Waals surface area contributed by atoms with E-state index in [2.05, 4.69) is 16.7 Å². The van der Waals surface area contributed by atoms with E-state index in [0.29, 0.717) is 6.54 Å². The number of rotatable bonds is 5. The number of hydrogen-bond donors (Lipinski definition) is 1. The van der Waals surface area contributed by atoms with E-state index in [0.717, 1.165) is 32.7 Å². The zero-order valence-corrected chi connectivity index (χ0v) is 13.1. The van der Waals surface area contributed by atoms with E-state index in [4.69, 9.17) is 5.11 Å². The number of carboxylic acid groups (broad SMARTS) is 1. The minimum Gasteiger partial charge on any atom is -0.481 e. The van der Waals surface area contributed by atoms with Crippen LogP contribution in [0.5, 0.6) is 0 Å². The van der Waals surface area contributed by atoms with E-state index < -0.39 is 11.4 Å². The third-order valence-corrected chi connectivity index (χ3v) is 3.20. The first kappa shape index (κ1) is 20.3. The van der Waals surface area contributed by atoms with Crippen LogP contribution in [-0.2, 0) is 4.79 Å². The second kappa shape index (κ2) is 8.97. The summed E-state index contributed by atoms with van der Waals surface area (Å²) >= 11 is 0. The zero-order valence-electron chi connectivity index (χ0n) is 11.5. The molecule has 0 bridgehead atoms. The first-order valence-electron chi connectivity index (χ1n) is 6.14. The number of carbonyl (C=O) groups is 1. The highest BCUT2D eigenvalue weighted by Gasteiger charge is 2.30. The van der Waals surface area contributed by atoms with Gasteiger partial charge in [0.15, 0.2) is 0 Å². The molecule has 1 N–H and O–H groups in total. The lowest BCUT2D eigenvalue weighted by Crippen LogP contribution is -2.50. The maximum absolute atomic E-state index is 11.0. The summed E-state index contributed by atoms with van der Waals surface area (Å²) < 4.78 is 0. The summed E-state index contributed by atoms with van der Waals surface area (Å²) in [6.45, 7) is 11.8. The first-order chi connectivity index (χ1) is 7.45. The predicted molar refractivity (Wildman–Crippen MR) is 79.1 cm³/mol. The van der Waals surface area contributed by atoms with Crippen molar-refractivity contribution in [2.45, 2.75) is 27.2 Å². The van der Waals surface area contributed by atoms with E-state index in [1.807, 2.05) is 0 Å². The summed E-state index contributed by atoms with van der Waals surface area (Å²) in [5, 5.41) is 9.07. The highest BCUT2D eigenvalue weighted by atomic mass is 35.5. The SMILES string of the molecule is CCCN1CCN(CC(C)(C)C(=O)O)CC1.Cl.Cl. The van der Waals surface area contributed by atoms with Crippen LogP contribution in [0.2, 0.25) is 0 Å².